The molecule has 1 aromatic rings. The Bertz CT molecular complexity index is 283. The first-order valence-corrected chi connectivity index (χ1v) is 5.80. The Kier molecular flexibility index (Phi) is 5.82. The van der Waals surface area contributed by atoms with E-state index in [-0.39, 0.29) is 0 Å². The summed E-state index contributed by atoms with van der Waals surface area (Å²) in [7, 11) is 0. The Labute approximate surface area is 97.4 Å². The fourth-order valence-corrected chi connectivity index (χ4v) is 1.45. The van der Waals surface area contributed by atoms with Crippen molar-refractivity contribution in [3.63, 3.8) is 0 Å². The number of pyridine rings is 1. The SMILES string of the molecule is CCN(CC)CCOc1ccc(CN)nc1. The second kappa shape index (κ2) is 7.19. The van der Waals surface area contributed by atoms with Crippen molar-refractivity contribution in [1.82, 2.24) is 9.88 Å². The van der Waals surface area contributed by atoms with E-state index in [4.69, 9.17) is 10.5 Å². The molecule has 0 atom stereocenters. The fraction of sp³-hybridized carbons (Fsp3) is 0.583. The standard InChI is InChI=1S/C12H21N3O/c1-3-15(4-2)7-8-16-12-6-5-11(9-13)14-10-12/h5-6,10H,3-4,7-9,13H2,1-2H3. The van der Waals surface area contributed by atoms with Gasteiger partial charge in [0.1, 0.15) is 12.4 Å². The van der Waals surface area contributed by atoms with E-state index in [2.05, 4.69) is 23.7 Å². The second-order valence-electron chi connectivity index (χ2n) is 3.56. The van der Waals surface area contributed by atoms with Gasteiger partial charge in [-0.15, -0.1) is 0 Å². The van der Waals surface area contributed by atoms with Crippen LogP contribution in [0.5, 0.6) is 5.75 Å². The third kappa shape index (κ3) is 4.16. The molecule has 0 saturated carbocycles. The van der Waals surface area contributed by atoms with Crippen molar-refractivity contribution < 1.29 is 4.74 Å². The van der Waals surface area contributed by atoms with Crippen molar-refractivity contribution in [3.8, 4) is 5.75 Å². The van der Waals surface area contributed by atoms with Gasteiger partial charge >= 0.3 is 0 Å². The average Bonchev–Trinajstić information content (AvgIpc) is 2.35. The molecule has 4 nitrogen and oxygen atoms in total. The Hall–Kier alpha value is -1.13. The zero-order valence-corrected chi connectivity index (χ0v) is 10.1. The Morgan fingerprint density at radius 2 is 2.06 bits per heavy atom. The van der Waals surface area contributed by atoms with Gasteiger partial charge < -0.3 is 15.4 Å². The van der Waals surface area contributed by atoms with Crippen molar-refractivity contribution in [2.75, 3.05) is 26.2 Å². The third-order valence-electron chi connectivity index (χ3n) is 2.58. The van der Waals surface area contributed by atoms with E-state index in [0.29, 0.717) is 13.2 Å². The molecule has 0 unspecified atom stereocenters. The molecule has 16 heavy (non-hydrogen) atoms. The van der Waals surface area contributed by atoms with Crippen LogP contribution >= 0.6 is 0 Å². The summed E-state index contributed by atoms with van der Waals surface area (Å²) in [6.45, 7) is 8.55. The molecule has 2 N–H and O–H groups in total. The number of aromatic nitrogens is 1. The predicted octanol–water partition coefficient (Wildman–Crippen LogP) is 1.26. The van der Waals surface area contributed by atoms with Crippen LogP contribution in [0.25, 0.3) is 0 Å². The van der Waals surface area contributed by atoms with Gasteiger partial charge in [-0.3, -0.25) is 4.98 Å². The Morgan fingerprint density at radius 1 is 1.31 bits per heavy atom. The van der Waals surface area contributed by atoms with Crippen molar-refractivity contribution in [1.29, 1.82) is 0 Å². The van der Waals surface area contributed by atoms with Gasteiger partial charge in [0.2, 0.25) is 0 Å². The number of nitrogens with zero attached hydrogens (tertiary/aromatic N) is 2. The van der Waals surface area contributed by atoms with Gasteiger partial charge in [0.05, 0.1) is 11.9 Å². The lowest BCUT2D eigenvalue weighted by atomic mass is 10.3. The summed E-state index contributed by atoms with van der Waals surface area (Å²) in [5.41, 5.74) is 6.35. The Morgan fingerprint density at radius 3 is 2.56 bits per heavy atom. The normalized spacial score (nSPS) is 10.8. The van der Waals surface area contributed by atoms with Gasteiger partial charge in [-0.25, -0.2) is 0 Å². The number of hydrogen-bond donors (Lipinski definition) is 1. The summed E-state index contributed by atoms with van der Waals surface area (Å²) < 4.78 is 5.59. The predicted molar refractivity (Wildman–Crippen MR) is 65.4 cm³/mol. The highest BCUT2D eigenvalue weighted by molar-refractivity contribution is 5.19. The molecule has 0 saturated heterocycles. The monoisotopic (exact) mass is 223 g/mol. The first kappa shape index (κ1) is 12.9. The van der Waals surface area contributed by atoms with Crippen LogP contribution in [0.15, 0.2) is 18.3 Å². The summed E-state index contributed by atoms with van der Waals surface area (Å²) >= 11 is 0. The maximum Gasteiger partial charge on any atom is 0.137 e. The molecule has 1 rings (SSSR count). The van der Waals surface area contributed by atoms with Gasteiger partial charge in [-0.05, 0) is 25.2 Å². The summed E-state index contributed by atoms with van der Waals surface area (Å²) in [4.78, 5) is 6.49. The maximum absolute atomic E-state index is 5.59. The number of likely N-dealkylation sites (N-methyl/N-ethyl adjacent to an activating group) is 1. The van der Waals surface area contributed by atoms with Crippen molar-refractivity contribution in [2.24, 2.45) is 5.73 Å². The lowest BCUT2D eigenvalue weighted by Crippen LogP contribution is -2.27. The highest BCUT2D eigenvalue weighted by Crippen LogP contribution is 2.08. The highest BCUT2D eigenvalue weighted by atomic mass is 16.5. The summed E-state index contributed by atoms with van der Waals surface area (Å²) in [6.07, 6.45) is 1.73. The van der Waals surface area contributed by atoms with Crippen LogP contribution in [0.2, 0.25) is 0 Å². The largest absolute Gasteiger partial charge is 0.491 e. The average molecular weight is 223 g/mol. The minimum atomic E-state index is 0.472. The van der Waals surface area contributed by atoms with E-state index in [9.17, 15) is 0 Å². The lowest BCUT2D eigenvalue weighted by molar-refractivity contribution is 0.222. The summed E-state index contributed by atoms with van der Waals surface area (Å²) in [5, 5.41) is 0. The summed E-state index contributed by atoms with van der Waals surface area (Å²) in [6, 6.07) is 3.81. The molecule has 0 radical (unpaired) electrons. The maximum atomic E-state index is 5.59. The molecular formula is C12H21N3O. The van der Waals surface area contributed by atoms with Gasteiger partial charge in [0.15, 0.2) is 0 Å². The molecule has 1 aromatic heterocycles. The molecule has 4 heteroatoms. The van der Waals surface area contributed by atoms with Crippen LogP contribution in [-0.2, 0) is 6.54 Å². The van der Waals surface area contributed by atoms with Crippen LogP contribution in [0.3, 0.4) is 0 Å². The zero-order valence-electron chi connectivity index (χ0n) is 10.1. The molecule has 0 aliphatic carbocycles. The van der Waals surface area contributed by atoms with Crippen molar-refractivity contribution in [3.05, 3.63) is 24.0 Å². The molecule has 0 aliphatic heterocycles. The lowest BCUT2D eigenvalue weighted by Gasteiger charge is -2.17. The first-order chi connectivity index (χ1) is 7.80. The molecule has 90 valence electrons. The second-order valence-corrected chi connectivity index (χ2v) is 3.56. The van der Waals surface area contributed by atoms with Gasteiger partial charge in [-0.1, -0.05) is 13.8 Å². The molecule has 0 aliphatic rings. The van der Waals surface area contributed by atoms with E-state index < -0.39 is 0 Å². The van der Waals surface area contributed by atoms with Gasteiger partial charge in [-0.2, -0.15) is 0 Å². The minimum absolute atomic E-state index is 0.472. The van der Waals surface area contributed by atoms with Crippen LogP contribution in [-0.4, -0.2) is 36.1 Å². The van der Waals surface area contributed by atoms with Gasteiger partial charge in [0, 0.05) is 13.1 Å². The third-order valence-corrected chi connectivity index (χ3v) is 2.58. The van der Waals surface area contributed by atoms with E-state index in [0.717, 1.165) is 31.1 Å². The van der Waals surface area contributed by atoms with Crippen LogP contribution in [0, 0.1) is 0 Å². The molecule has 0 aromatic carbocycles. The molecular weight excluding hydrogens is 202 g/mol. The Balaban J connectivity index is 2.31. The van der Waals surface area contributed by atoms with E-state index in [1.807, 2.05) is 12.1 Å². The number of rotatable bonds is 7. The number of nitrogens with two attached hydrogens (primary N) is 1. The van der Waals surface area contributed by atoms with E-state index >= 15 is 0 Å². The molecule has 0 spiro atoms. The molecule has 1 heterocycles. The first-order valence-electron chi connectivity index (χ1n) is 5.80. The summed E-state index contributed by atoms with van der Waals surface area (Å²) in [5.74, 6) is 0.810. The topological polar surface area (TPSA) is 51.4 Å². The smallest absolute Gasteiger partial charge is 0.137 e. The zero-order chi connectivity index (χ0) is 11.8. The highest BCUT2D eigenvalue weighted by Gasteiger charge is 1.99. The van der Waals surface area contributed by atoms with Crippen LogP contribution < -0.4 is 10.5 Å². The minimum Gasteiger partial charge on any atom is -0.491 e. The van der Waals surface area contributed by atoms with Crippen molar-refractivity contribution >= 4 is 0 Å². The van der Waals surface area contributed by atoms with Crippen LogP contribution in [0.4, 0.5) is 0 Å². The number of ether oxygens (including phenoxy) is 1. The van der Waals surface area contributed by atoms with E-state index in [1.165, 1.54) is 0 Å². The fourth-order valence-electron chi connectivity index (χ4n) is 1.45. The van der Waals surface area contributed by atoms with Crippen molar-refractivity contribution in [2.45, 2.75) is 20.4 Å². The quantitative estimate of drug-likeness (QED) is 0.756. The molecule has 0 bridgehead atoms. The van der Waals surface area contributed by atoms with Crippen LogP contribution in [0.1, 0.15) is 19.5 Å². The molecule has 0 amide bonds. The molecule has 0 fully saturated rings. The van der Waals surface area contributed by atoms with Gasteiger partial charge in [0.25, 0.3) is 0 Å². The van der Waals surface area contributed by atoms with E-state index in [1.54, 1.807) is 6.20 Å². The number of hydrogen-bond acceptors (Lipinski definition) is 4.